The van der Waals surface area contributed by atoms with Crippen molar-refractivity contribution in [2.75, 3.05) is 0 Å². The van der Waals surface area contributed by atoms with Crippen LogP contribution in [0.2, 0.25) is 0 Å². The van der Waals surface area contributed by atoms with E-state index in [1.54, 1.807) is 12.1 Å². The van der Waals surface area contributed by atoms with Gasteiger partial charge in [-0.2, -0.15) is 13.2 Å². The van der Waals surface area contributed by atoms with Crippen LogP contribution in [-0.2, 0) is 17.5 Å². The van der Waals surface area contributed by atoms with E-state index in [2.05, 4.69) is 10.3 Å². The highest BCUT2D eigenvalue weighted by atomic mass is 19.4. The van der Waals surface area contributed by atoms with Crippen LogP contribution in [0.3, 0.4) is 0 Å². The van der Waals surface area contributed by atoms with Gasteiger partial charge in [-0.05, 0) is 29.8 Å². The number of hydrogen-bond acceptors (Lipinski definition) is 2. The summed E-state index contributed by atoms with van der Waals surface area (Å²) in [5.74, 6) is -0.764. The minimum absolute atomic E-state index is 0.0935. The molecule has 7 heteroatoms. The predicted molar refractivity (Wildman–Crippen MR) is 79.3 cm³/mol. The molecule has 2 amide bonds. The van der Waals surface area contributed by atoms with E-state index >= 15 is 0 Å². The number of nitrogens with zero attached hydrogens (tertiary/aromatic N) is 1. The Kier molecular flexibility index (Phi) is 3.92. The number of alkyl halides is 3. The Morgan fingerprint density at radius 2 is 1.79 bits per heavy atom. The lowest BCUT2D eigenvalue weighted by Gasteiger charge is -2.08. The van der Waals surface area contributed by atoms with Crippen molar-refractivity contribution in [2.24, 2.45) is 4.99 Å². The molecule has 122 valence electrons. The number of carbonyl (C=O) groups excluding carboxylic acids is 2. The van der Waals surface area contributed by atoms with Crippen molar-refractivity contribution in [3.63, 3.8) is 0 Å². The highest BCUT2D eigenvalue weighted by Crippen LogP contribution is 2.29. The van der Waals surface area contributed by atoms with E-state index in [-0.39, 0.29) is 12.5 Å². The SMILES string of the molecule is O=C1C=c2ccc(C(=O)NCc3ccc(C(F)(F)F)cc3)cc2=N1. The van der Waals surface area contributed by atoms with Crippen molar-refractivity contribution in [1.82, 2.24) is 5.32 Å². The summed E-state index contributed by atoms with van der Waals surface area (Å²) in [4.78, 5) is 27.0. The number of hydrogen-bond donors (Lipinski definition) is 1. The fourth-order valence-corrected chi connectivity index (χ4v) is 2.28. The van der Waals surface area contributed by atoms with Gasteiger partial charge in [0.1, 0.15) is 0 Å². The summed E-state index contributed by atoms with van der Waals surface area (Å²) in [6, 6.07) is 9.25. The number of rotatable bonds is 3. The summed E-state index contributed by atoms with van der Waals surface area (Å²) in [5, 5.41) is 3.70. The Hall–Kier alpha value is -2.96. The molecule has 3 rings (SSSR count). The molecule has 1 heterocycles. The molecule has 0 atom stereocenters. The lowest BCUT2D eigenvalue weighted by molar-refractivity contribution is -0.137. The molecule has 2 aromatic carbocycles. The highest BCUT2D eigenvalue weighted by Gasteiger charge is 2.29. The van der Waals surface area contributed by atoms with Gasteiger partial charge in [-0.15, -0.1) is 0 Å². The third-order valence-electron chi connectivity index (χ3n) is 3.54. The number of carbonyl (C=O) groups is 2. The minimum Gasteiger partial charge on any atom is -0.348 e. The van der Waals surface area contributed by atoms with E-state index in [0.717, 1.165) is 12.1 Å². The lowest BCUT2D eigenvalue weighted by atomic mass is 10.1. The monoisotopic (exact) mass is 332 g/mol. The van der Waals surface area contributed by atoms with E-state index in [4.69, 9.17) is 0 Å². The molecule has 0 saturated heterocycles. The molecule has 0 saturated carbocycles. The zero-order valence-corrected chi connectivity index (χ0v) is 12.2. The second-order valence-electron chi connectivity index (χ2n) is 5.25. The third-order valence-corrected chi connectivity index (χ3v) is 3.54. The van der Waals surface area contributed by atoms with Gasteiger partial charge >= 0.3 is 6.18 Å². The van der Waals surface area contributed by atoms with E-state index in [0.29, 0.717) is 21.7 Å². The summed E-state index contributed by atoms with van der Waals surface area (Å²) in [7, 11) is 0. The summed E-state index contributed by atoms with van der Waals surface area (Å²) in [6.07, 6.45) is -3.01. The first-order chi connectivity index (χ1) is 11.3. The van der Waals surface area contributed by atoms with Crippen molar-refractivity contribution >= 4 is 17.9 Å². The fourth-order valence-electron chi connectivity index (χ4n) is 2.28. The maximum Gasteiger partial charge on any atom is 0.416 e. The van der Waals surface area contributed by atoms with Gasteiger partial charge < -0.3 is 5.32 Å². The molecule has 0 radical (unpaired) electrons. The van der Waals surface area contributed by atoms with Gasteiger partial charge in [-0.1, -0.05) is 18.2 Å². The van der Waals surface area contributed by atoms with Gasteiger partial charge in [0.25, 0.3) is 11.8 Å². The number of benzene rings is 2. The molecule has 4 nitrogen and oxygen atoms in total. The topological polar surface area (TPSA) is 58.5 Å². The van der Waals surface area contributed by atoms with Gasteiger partial charge in [-0.25, -0.2) is 4.99 Å². The molecule has 0 fully saturated rings. The number of amides is 2. The first-order valence-electron chi connectivity index (χ1n) is 7.02. The van der Waals surface area contributed by atoms with Crippen LogP contribution in [0.15, 0.2) is 47.5 Å². The largest absolute Gasteiger partial charge is 0.416 e. The molecule has 1 N–H and O–H groups in total. The molecule has 0 aliphatic carbocycles. The average molecular weight is 332 g/mol. The molecule has 0 unspecified atom stereocenters. The van der Waals surface area contributed by atoms with Gasteiger partial charge in [-0.3, -0.25) is 9.59 Å². The Balaban J connectivity index is 1.68. The Labute approximate surface area is 134 Å². The summed E-state index contributed by atoms with van der Waals surface area (Å²) >= 11 is 0. The standard InChI is InChI=1S/C17H11F3N2O2/c18-17(19,20)13-5-1-10(2-6-13)9-21-16(24)12-4-3-11-8-15(23)22-14(11)7-12/h1-8H,9H2,(H,21,24). The van der Waals surface area contributed by atoms with Gasteiger partial charge in [0.05, 0.1) is 10.9 Å². The smallest absolute Gasteiger partial charge is 0.348 e. The highest BCUT2D eigenvalue weighted by molar-refractivity contribution is 6.06. The zero-order valence-electron chi connectivity index (χ0n) is 12.2. The van der Waals surface area contributed by atoms with Gasteiger partial charge in [0.15, 0.2) is 0 Å². The van der Waals surface area contributed by atoms with Crippen molar-refractivity contribution in [3.05, 3.63) is 69.7 Å². The molecular weight excluding hydrogens is 321 g/mol. The molecule has 0 spiro atoms. The van der Waals surface area contributed by atoms with Crippen molar-refractivity contribution in [2.45, 2.75) is 12.7 Å². The molecule has 24 heavy (non-hydrogen) atoms. The summed E-state index contributed by atoms with van der Waals surface area (Å²) in [5.41, 5.74) is 0.136. The van der Waals surface area contributed by atoms with Crippen LogP contribution in [0.25, 0.3) is 6.08 Å². The van der Waals surface area contributed by atoms with E-state index in [1.165, 1.54) is 24.3 Å². The predicted octanol–water partition coefficient (Wildman–Crippen LogP) is 1.58. The molecule has 1 aliphatic rings. The Bertz CT molecular complexity index is 932. The summed E-state index contributed by atoms with van der Waals surface area (Å²) < 4.78 is 37.5. The molecular formula is C17H11F3N2O2. The number of halogens is 3. The first-order valence-corrected chi connectivity index (χ1v) is 7.02. The normalized spacial score (nSPS) is 13.0. The molecule has 1 aliphatic heterocycles. The first kappa shape index (κ1) is 15.9. The van der Waals surface area contributed by atoms with Crippen molar-refractivity contribution < 1.29 is 22.8 Å². The van der Waals surface area contributed by atoms with Crippen LogP contribution in [0.4, 0.5) is 13.2 Å². The van der Waals surface area contributed by atoms with Crippen LogP contribution in [-0.4, -0.2) is 11.8 Å². The summed E-state index contributed by atoms with van der Waals surface area (Å²) in [6.45, 7) is 0.0935. The fraction of sp³-hybridized carbons (Fsp3) is 0.118. The second-order valence-corrected chi connectivity index (χ2v) is 5.25. The lowest BCUT2D eigenvalue weighted by Crippen LogP contribution is -2.27. The molecule has 0 aromatic heterocycles. The van der Waals surface area contributed by atoms with E-state index in [9.17, 15) is 22.8 Å². The van der Waals surface area contributed by atoms with Crippen molar-refractivity contribution in [1.29, 1.82) is 0 Å². The number of fused-ring (bicyclic) bond motifs is 1. The van der Waals surface area contributed by atoms with Gasteiger partial charge in [0, 0.05) is 23.4 Å². The number of nitrogens with one attached hydrogen (secondary N) is 1. The zero-order chi connectivity index (χ0) is 17.3. The maximum atomic E-state index is 12.5. The van der Waals surface area contributed by atoms with Crippen molar-refractivity contribution in [3.8, 4) is 0 Å². The van der Waals surface area contributed by atoms with Crippen LogP contribution in [0.1, 0.15) is 21.5 Å². The Morgan fingerprint density at radius 1 is 1.08 bits per heavy atom. The van der Waals surface area contributed by atoms with Crippen LogP contribution >= 0.6 is 0 Å². The quantitative estimate of drug-likeness (QED) is 0.928. The van der Waals surface area contributed by atoms with E-state index < -0.39 is 17.6 Å². The Morgan fingerprint density at radius 3 is 2.46 bits per heavy atom. The maximum absolute atomic E-state index is 12.5. The van der Waals surface area contributed by atoms with Crippen LogP contribution in [0, 0.1) is 0 Å². The molecule has 0 bridgehead atoms. The average Bonchev–Trinajstić information content (AvgIpc) is 2.91. The van der Waals surface area contributed by atoms with Gasteiger partial charge in [0.2, 0.25) is 0 Å². The second kappa shape index (κ2) is 5.92. The van der Waals surface area contributed by atoms with Crippen LogP contribution < -0.4 is 15.9 Å². The van der Waals surface area contributed by atoms with Crippen LogP contribution in [0.5, 0.6) is 0 Å². The van der Waals surface area contributed by atoms with E-state index in [1.807, 2.05) is 0 Å². The third kappa shape index (κ3) is 3.34. The minimum atomic E-state index is -4.38. The molecule has 2 aromatic rings.